The molecule has 0 bridgehead atoms. The van der Waals surface area contributed by atoms with E-state index >= 15 is 0 Å². The molecule has 2 aromatic heterocycles. The van der Waals surface area contributed by atoms with Gasteiger partial charge in [0, 0.05) is 15.4 Å². The van der Waals surface area contributed by atoms with Crippen molar-refractivity contribution in [2.24, 2.45) is 0 Å². The number of ether oxygens (including phenoxy) is 1. The van der Waals surface area contributed by atoms with Crippen LogP contribution < -0.4 is 10.1 Å². The lowest BCUT2D eigenvalue weighted by Crippen LogP contribution is -2.04. The molecule has 0 saturated carbocycles. The van der Waals surface area contributed by atoms with Crippen LogP contribution in [0.4, 0.5) is 5.82 Å². The first-order chi connectivity index (χ1) is 13.5. The Morgan fingerprint density at radius 3 is 2.50 bits per heavy atom. The van der Waals surface area contributed by atoms with E-state index in [9.17, 15) is 0 Å². The van der Waals surface area contributed by atoms with Gasteiger partial charge in [-0.2, -0.15) is 9.97 Å². The molecule has 0 atom stereocenters. The van der Waals surface area contributed by atoms with E-state index in [0.717, 1.165) is 16.9 Å². The molecule has 0 aliphatic heterocycles. The number of halogens is 3. The molecular formula is C20H14Cl3N3O2. The predicted octanol–water partition coefficient (Wildman–Crippen LogP) is 6.90. The summed E-state index contributed by atoms with van der Waals surface area (Å²) in [5.41, 5.74) is 0.678. The zero-order valence-electron chi connectivity index (χ0n) is 14.7. The molecule has 0 aliphatic rings. The zero-order valence-corrected chi connectivity index (χ0v) is 16.9. The van der Waals surface area contributed by atoms with Gasteiger partial charge in [0.15, 0.2) is 0 Å². The summed E-state index contributed by atoms with van der Waals surface area (Å²) in [7, 11) is 0. The first-order valence-corrected chi connectivity index (χ1v) is 9.51. The Hall–Kier alpha value is -2.47. The standard InChI is InChI=1S/C20H14Cl3N3O2/c1-11-2-5-14(27-11)10-24-19-15-8-12(21)3-6-17(15)25-20(26-19)28-18-7-4-13(22)9-16(18)23/h2-9H,10H2,1H3,(H,24,25,26). The molecule has 0 aliphatic carbocycles. The maximum Gasteiger partial charge on any atom is 0.324 e. The zero-order chi connectivity index (χ0) is 19.7. The van der Waals surface area contributed by atoms with E-state index < -0.39 is 0 Å². The van der Waals surface area contributed by atoms with Crippen LogP contribution >= 0.6 is 34.8 Å². The minimum Gasteiger partial charge on any atom is -0.465 e. The van der Waals surface area contributed by atoms with Crippen LogP contribution in [-0.2, 0) is 6.54 Å². The SMILES string of the molecule is Cc1ccc(CNc2nc(Oc3ccc(Cl)cc3Cl)nc3ccc(Cl)cc23)o1. The van der Waals surface area contributed by atoms with Gasteiger partial charge in [-0.25, -0.2) is 0 Å². The van der Waals surface area contributed by atoms with E-state index in [4.69, 9.17) is 44.0 Å². The molecule has 0 unspecified atom stereocenters. The number of rotatable bonds is 5. The third kappa shape index (κ3) is 4.17. The quantitative estimate of drug-likeness (QED) is 0.370. The molecule has 0 fully saturated rings. The maximum absolute atomic E-state index is 6.19. The Bertz CT molecular complexity index is 1160. The molecule has 1 N–H and O–H groups in total. The molecule has 0 saturated heterocycles. The third-order valence-electron chi connectivity index (χ3n) is 3.96. The van der Waals surface area contributed by atoms with E-state index in [1.807, 2.05) is 19.1 Å². The van der Waals surface area contributed by atoms with E-state index in [2.05, 4.69) is 15.3 Å². The molecule has 142 valence electrons. The fourth-order valence-electron chi connectivity index (χ4n) is 2.67. The minimum atomic E-state index is 0.150. The van der Waals surface area contributed by atoms with Crippen molar-refractivity contribution in [3.05, 3.63) is 75.1 Å². The highest BCUT2D eigenvalue weighted by atomic mass is 35.5. The largest absolute Gasteiger partial charge is 0.465 e. The number of fused-ring (bicyclic) bond motifs is 1. The van der Waals surface area contributed by atoms with Crippen molar-refractivity contribution < 1.29 is 9.15 Å². The van der Waals surface area contributed by atoms with Gasteiger partial charge >= 0.3 is 6.01 Å². The van der Waals surface area contributed by atoms with Gasteiger partial charge in [0.1, 0.15) is 23.1 Å². The summed E-state index contributed by atoms with van der Waals surface area (Å²) in [6, 6.07) is 14.3. The highest BCUT2D eigenvalue weighted by molar-refractivity contribution is 6.35. The Kier molecular flexibility index (Phi) is 5.31. The molecule has 4 aromatic rings. The molecule has 2 heterocycles. The topological polar surface area (TPSA) is 60.2 Å². The molecule has 0 amide bonds. The highest BCUT2D eigenvalue weighted by Gasteiger charge is 2.12. The van der Waals surface area contributed by atoms with Crippen molar-refractivity contribution in [2.45, 2.75) is 13.5 Å². The minimum absolute atomic E-state index is 0.150. The van der Waals surface area contributed by atoms with Crippen molar-refractivity contribution in [1.29, 1.82) is 0 Å². The van der Waals surface area contributed by atoms with Crippen LogP contribution in [0.3, 0.4) is 0 Å². The second-order valence-corrected chi connectivity index (χ2v) is 7.34. The second kappa shape index (κ2) is 7.87. The van der Waals surface area contributed by atoms with Gasteiger partial charge in [-0.15, -0.1) is 0 Å². The second-order valence-electron chi connectivity index (χ2n) is 6.06. The summed E-state index contributed by atoms with van der Waals surface area (Å²) in [5, 5.41) is 5.50. The lowest BCUT2D eigenvalue weighted by atomic mass is 10.2. The van der Waals surface area contributed by atoms with Crippen LogP contribution in [-0.4, -0.2) is 9.97 Å². The molecular weight excluding hydrogens is 421 g/mol. The average Bonchev–Trinajstić information content (AvgIpc) is 3.08. The van der Waals surface area contributed by atoms with Crippen molar-refractivity contribution in [2.75, 3.05) is 5.32 Å². The molecule has 28 heavy (non-hydrogen) atoms. The normalized spacial score (nSPS) is 11.0. The summed E-state index contributed by atoms with van der Waals surface area (Å²) in [6.07, 6.45) is 0. The fourth-order valence-corrected chi connectivity index (χ4v) is 3.29. The first-order valence-electron chi connectivity index (χ1n) is 8.37. The van der Waals surface area contributed by atoms with E-state index in [1.165, 1.54) is 0 Å². The number of benzene rings is 2. The van der Waals surface area contributed by atoms with Crippen molar-refractivity contribution in [3.8, 4) is 11.8 Å². The van der Waals surface area contributed by atoms with Crippen molar-refractivity contribution in [1.82, 2.24) is 9.97 Å². The molecule has 8 heteroatoms. The lowest BCUT2D eigenvalue weighted by molar-refractivity contribution is 0.445. The van der Waals surface area contributed by atoms with Gasteiger partial charge in [0.2, 0.25) is 0 Å². The molecule has 0 radical (unpaired) electrons. The number of nitrogens with zero attached hydrogens (tertiary/aromatic N) is 2. The molecule has 4 rings (SSSR count). The number of hydrogen-bond acceptors (Lipinski definition) is 5. The Morgan fingerprint density at radius 1 is 0.964 bits per heavy atom. The number of aryl methyl sites for hydroxylation is 1. The highest BCUT2D eigenvalue weighted by Crippen LogP contribution is 2.32. The van der Waals surface area contributed by atoms with Gasteiger partial charge < -0.3 is 14.5 Å². The van der Waals surface area contributed by atoms with Crippen LogP contribution in [0.5, 0.6) is 11.8 Å². The molecule has 5 nitrogen and oxygen atoms in total. The number of aromatic nitrogens is 2. The van der Waals surface area contributed by atoms with Crippen LogP contribution in [0.2, 0.25) is 15.1 Å². The fraction of sp³-hybridized carbons (Fsp3) is 0.100. The van der Waals surface area contributed by atoms with E-state index in [0.29, 0.717) is 38.7 Å². The third-order valence-corrected chi connectivity index (χ3v) is 4.72. The van der Waals surface area contributed by atoms with Gasteiger partial charge in [0.25, 0.3) is 0 Å². The number of anilines is 1. The van der Waals surface area contributed by atoms with Gasteiger partial charge in [-0.3, -0.25) is 0 Å². The number of nitrogens with one attached hydrogen (secondary N) is 1. The Labute approximate surface area is 176 Å². The monoisotopic (exact) mass is 433 g/mol. The van der Waals surface area contributed by atoms with Crippen molar-refractivity contribution in [3.63, 3.8) is 0 Å². The summed E-state index contributed by atoms with van der Waals surface area (Å²) < 4.78 is 11.4. The summed E-state index contributed by atoms with van der Waals surface area (Å²) in [6.45, 7) is 2.35. The average molecular weight is 435 g/mol. The van der Waals surface area contributed by atoms with Crippen LogP contribution in [0, 0.1) is 6.92 Å². The van der Waals surface area contributed by atoms with Crippen molar-refractivity contribution >= 4 is 51.5 Å². The van der Waals surface area contributed by atoms with Gasteiger partial charge in [-0.1, -0.05) is 34.8 Å². The maximum atomic E-state index is 6.19. The van der Waals surface area contributed by atoms with Crippen LogP contribution in [0.25, 0.3) is 10.9 Å². The first kappa shape index (κ1) is 18.9. The van der Waals surface area contributed by atoms with E-state index in [-0.39, 0.29) is 6.01 Å². The lowest BCUT2D eigenvalue weighted by Gasteiger charge is -2.11. The summed E-state index contributed by atoms with van der Waals surface area (Å²) >= 11 is 18.3. The van der Waals surface area contributed by atoms with Crippen LogP contribution in [0.1, 0.15) is 11.5 Å². The molecule has 0 spiro atoms. The number of hydrogen-bond donors (Lipinski definition) is 1. The predicted molar refractivity (Wildman–Crippen MR) is 112 cm³/mol. The van der Waals surface area contributed by atoms with E-state index in [1.54, 1.807) is 36.4 Å². The van der Waals surface area contributed by atoms with Crippen LogP contribution in [0.15, 0.2) is 52.9 Å². The summed E-state index contributed by atoms with van der Waals surface area (Å²) in [5.74, 6) is 2.61. The molecule has 2 aromatic carbocycles. The number of furan rings is 1. The Morgan fingerprint density at radius 2 is 1.75 bits per heavy atom. The Balaban J connectivity index is 1.70. The summed E-state index contributed by atoms with van der Waals surface area (Å²) in [4.78, 5) is 8.93. The van der Waals surface area contributed by atoms with Gasteiger partial charge in [0.05, 0.1) is 17.1 Å². The van der Waals surface area contributed by atoms with Gasteiger partial charge in [-0.05, 0) is 55.5 Å². The smallest absolute Gasteiger partial charge is 0.324 e.